The van der Waals surface area contributed by atoms with Gasteiger partial charge in [0.2, 0.25) is 5.91 Å². The van der Waals surface area contributed by atoms with Crippen molar-refractivity contribution in [2.75, 3.05) is 26.8 Å². The first-order valence-electron chi connectivity index (χ1n) is 8.52. The summed E-state index contributed by atoms with van der Waals surface area (Å²) in [5.74, 6) is 0.799. The molecule has 0 heterocycles. The predicted octanol–water partition coefficient (Wildman–Crippen LogP) is 1.94. The van der Waals surface area contributed by atoms with Gasteiger partial charge in [-0.15, -0.1) is 0 Å². The number of ether oxygens (including phenoxy) is 2. The minimum Gasteiger partial charge on any atom is -0.493 e. The van der Waals surface area contributed by atoms with E-state index in [4.69, 9.17) is 9.47 Å². The van der Waals surface area contributed by atoms with Crippen molar-refractivity contribution in [3.05, 3.63) is 60.2 Å². The van der Waals surface area contributed by atoms with Crippen molar-refractivity contribution in [3.63, 3.8) is 0 Å². The van der Waals surface area contributed by atoms with Gasteiger partial charge in [0.15, 0.2) is 18.1 Å². The van der Waals surface area contributed by atoms with Crippen molar-refractivity contribution >= 4 is 11.8 Å². The van der Waals surface area contributed by atoms with Gasteiger partial charge in [0.05, 0.1) is 7.11 Å². The lowest BCUT2D eigenvalue weighted by Gasteiger charge is -2.11. The largest absolute Gasteiger partial charge is 0.493 e. The standard InChI is InChI=1S/C20H24N2O4/c1-25-17-9-5-6-10-18(17)26-15-20(24)22-14-13-21-19(23)12-11-16-7-3-2-4-8-16/h2-10H,11-15H2,1H3,(H,21,23)(H,22,24). The molecule has 0 fully saturated rings. The number of hydrogen-bond acceptors (Lipinski definition) is 4. The fourth-order valence-corrected chi connectivity index (χ4v) is 2.33. The van der Waals surface area contributed by atoms with Crippen LogP contribution >= 0.6 is 0 Å². The monoisotopic (exact) mass is 356 g/mol. The van der Waals surface area contributed by atoms with Crippen LogP contribution in [0.2, 0.25) is 0 Å². The van der Waals surface area contributed by atoms with Crippen molar-refractivity contribution in [2.24, 2.45) is 0 Å². The van der Waals surface area contributed by atoms with Gasteiger partial charge < -0.3 is 20.1 Å². The smallest absolute Gasteiger partial charge is 0.258 e. The molecule has 6 nitrogen and oxygen atoms in total. The molecule has 2 amide bonds. The molecule has 2 aromatic rings. The SMILES string of the molecule is COc1ccccc1OCC(=O)NCCNC(=O)CCc1ccccc1. The lowest BCUT2D eigenvalue weighted by Crippen LogP contribution is -2.36. The Balaban J connectivity index is 1.57. The predicted molar refractivity (Wildman–Crippen MR) is 99.3 cm³/mol. The van der Waals surface area contributed by atoms with E-state index in [9.17, 15) is 9.59 Å². The Morgan fingerprint density at radius 3 is 2.15 bits per heavy atom. The van der Waals surface area contributed by atoms with Crippen LogP contribution in [0.4, 0.5) is 0 Å². The van der Waals surface area contributed by atoms with Crippen molar-refractivity contribution in [1.29, 1.82) is 0 Å². The molecule has 0 bridgehead atoms. The molecular weight excluding hydrogens is 332 g/mol. The van der Waals surface area contributed by atoms with Gasteiger partial charge in [0.25, 0.3) is 5.91 Å². The summed E-state index contributed by atoms with van der Waals surface area (Å²) in [5.41, 5.74) is 1.13. The summed E-state index contributed by atoms with van der Waals surface area (Å²) in [5, 5.41) is 5.49. The summed E-state index contributed by atoms with van der Waals surface area (Å²) in [6.07, 6.45) is 1.13. The highest BCUT2D eigenvalue weighted by molar-refractivity contribution is 5.78. The molecule has 0 atom stereocenters. The lowest BCUT2D eigenvalue weighted by molar-refractivity contribution is -0.124. The van der Waals surface area contributed by atoms with E-state index < -0.39 is 0 Å². The molecule has 2 aromatic carbocycles. The lowest BCUT2D eigenvalue weighted by atomic mass is 10.1. The third kappa shape index (κ3) is 6.84. The number of carbonyl (C=O) groups excluding carboxylic acids is 2. The fraction of sp³-hybridized carbons (Fsp3) is 0.300. The Kier molecular flexibility index (Phi) is 7.99. The number of aryl methyl sites for hydroxylation is 1. The van der Waals surface area contributed by atoms with Crippen LogP contribution < -0.4 is 20.1 Å². The normalized spacial score (nSPS) is 10.0. The van der Waals surface area contributed by atoms with Crippen molar-refractivity contribution < 1.29 is 19.1 Å². The van der Waals surface area contributed by atoms with E-state index in [2.05, 4.69) is 10.6 Å². The quantitative estimate of drug-likeness (QED) is 0.638. The van der Waals surface area contributed by atoms with Gasteiger partial charge in [-0.2, -0.15) is 0 Å². The highest BCUT2D eigenvalue weighted by atomic mass is 16.5. The van der Waals surface area contributed by atoms with Crippen LogP contribution in [0.3, 0.4) is 0 Å². The van der Waals surface area contributed by atoms with Crippen molar-refractivity contribution in [2.45, 2.75) is 12.8 Å². The van der Waals surface area contributed by atoms with E-state index in [0.717, 1.165) is 5.56 Å². The van der Waals surface area contributed by atoms with Crippen LogP contribution in [0.1, 0.15) is 12.0 Å². The highest BCUT2D eigenvalue weighted by Crippen LogP contribution is 2.25. The Hall–Kier alpha value is -3.02. The zero-order valence-electron chi connectivity index (χ0n) is 14.9. The number of methoxy groups -OCH3 is 1. The first-order valence-corrected chi connectivity index (χ1v) is 8.52. The molecule has 0 aliphatic heterocycles. The minimum absolute atomic E-state index is 0.0339. The molecule has 0 spiro atoms. The number of hydrogen-bond donors (Lipinski definition) is 2. The molecule has 0 radical (unpaired) electrons. The maximum atomic E-state index is 11.8. The summed E-state index contributed by atoms with van der Waals surface area (Å²) in [7, 11) is 1.54. The molecule has 0 saturated heterocycles. The molecule has 0 aliphatic rings. The van der Waals surface area contributed by atoms with Crippen molar-refractivity contribution in [1.82, 2.24) is 10.6 Å². The van der Waals surface area contributed by atoms with Gasteiger partial charge in [-0.25, -0.2) is 0 Å². The molecular formula is C20H24N2O4. The van der Waals surface area contributed by atoms with Gasteiger partial charge in [0, 0.05) is 19.5 Å². The Labute approximate surface area is 153 Å². The Morgan fingerprint density at radius 2 is 1.46 bits per heavy atom. The number of rotatable bonds is 10. The zero-order chi connectivity index (χ0) is 18.6. The third-order valence-corrected chi connectivity index (χ3v) is 3.68. The minimum atomic E-state index is -0.255. The summed E-state index contributed by atoms with van der Waals surface area (Å²) in [4.78, 5) is 23.6. The van der Waals surface area contributed by atoms with E-state index in [0.29, 0.717) is 37.4 Å². The second kappa shape index (κ2) is 10.8. The summed E-state index contributed by atoms with van der Waals surface area (Å²) < 4.78 is 10.6. The molecule has 0 aliphatic carbocycles. The summed E-state index contributed by atoms with van der Waals surface area (Å²) >= 11 is 0. The molecule has 0 unspecified atom stereocenters. The second-order valence-electron chi connectivity index (χ2n) is 5.63. The van der Waals surface area contributed by atoms with E-state index in [1.807, 2.05) is 36.4 Å². The number of amides is 2. The van der Waals surface area contributed by atoms with E-state index in [1.54, 1.807) is 25.3 Å². The van der Waals surface area contributed by atoms with E-state index in [1.165, 1.54) is 0 Å². The van der Waals surface area contributed by atoms with Gasteiger partial charge in [-0.3, -0.25) is 9.59 Å². The van der Waals surface area contributed by atoms with Crippen LogP contribution in [0.15, 0.2) is 54.6 Å². The topological polar surface area (TPSA) is 76.7 Å². The number of nitrogens with one attached hydrogen (secondary N) is 2. The molecule has 26 heavy (non-hydrogen) atoms. The first kappa shape index (κ1) is 19.3. The summed E-state index contributed by atoms with van der Waals surface area (Å²) in [6, 6.07) is 17.0. The maximum absolute atomic E-state index is 11.8. The molecule has 2 rings (SSSR count). The number of benzene rings is 2. The number of carbonyl (C=O) groups is 2. The van der Waals surface area contributed by atoms with E-state index in [-0.39, 0.29) is 18.4 Å². The summed E-state index contributed by atoms with van der Waals surface area (Å²) in [6.45, 7) is 0.627. The maximum Gasteiger partial charge on any atom is 0.258 e. The molecule has 138 valence electrons. The number of para-hydroxylation sites is 2. The average Bonchev–Trinajstić information content (AvgIpc) is 2.69. The third-order valence-electron chi connectivity index (χ3n) is 3.68. The van der Waals surface area contributed by atoms with Crippen LogP contribution in [-0.2, 0) is 16.0 Å². The second-order valence-corrected chi connectivity index (χ2v) is 5.63. The van der Waals surface area contributed by atoms with Gasteiger partial charge in [-0.05, 0) is 24.1 Å². The molecule has 0 aromatic heterocycles. The zero-order valence-corrected chi connectivity index (χ0v) is 14.9. The molecule has 6 heteroatoms. The van der Waals surface area contributed by atoms with Crippen LogP contribution in [0, 0.1) is 0 Å². The van der Waals surface area contributed by atoms with Crippen LogP contribution in [0.5, 0.6) is 11.5 Å². The fourth-order valence-electron chi connectivity index (χ4n) is 2.33. The first-order chi connectivity index (χ1) is 12.7. The van der Waals surface area contributed by atoms with Crippen molar-refractivity contribution in [3.8, 4) is 11.5 Å². The molecule has 2 N–H and O–H groups in total. The average molecular weight is 356 g/mol. The highest BCUT2D eigenvalue weighted by Gasteiger charge is 2.07. The van der Waals surface area contributed by atoms with Gasteiger partial charge in [0.1, 0.15) is 0 Å². The van der Waals surface area contributed by atoms with Crippen LogP contribution in [0.25, 0.3) is 0 Å². The van der Waals surface area contributed by atoms with Gasteiger partial charge in [-0.1, -0.05) is 42.5 Å². The Morgan fingerprint density at radius 1 is 0.846 bits per heavy atom. The van der Waals surface area contributed by atoms with E-state index >= 15 is 0 Å². The van der Waals surface area contributed by atoms with Crippen LogP contribution in [-0.4, -0.2) is 38.6 Å². The Bertz CT molecular complexity index is 704. The van der Waals surface area contributed by atoms with Gasteiger partial charge >= 0.3 is 0 Å². The molecule has 0 saturated carbocycles.